The molecule has 0 atom stereocenters. The summed E-state index contributed by atoms with van der Waals surface area (Å²) < 4.78 is 41.7. The second kappa shape index (κ2) is 8.13. The molecule has 2 aromatic heterocycles. The largest absolute Gasteiger partial charge is 0.416 e. The Bertz CT molecular complexity index is 1230. The van der Waals surface area contributed by atoms with Crippen molar-refractivity contribution in [2.75, 3.05) is 11.9 Å². The number of rotatable bonds is 5. The highest BCUT2D eigenvalue weighted by molar-refractivity contribution is 5.89. The summed E-state index contributed by atoms with van der Waals surface area (Å²) in [6, 6.07) is 12.2. The van der Waals surface area contributed by atoms with E-state index in [1.807, 2.05) is 31.3 Å². The maximum atomic E-state index is 12.9. The average molecular weight is 428 g/mol. The number of alkyl halides is 3. The fraction of sp³-hybridized carbons (Fsp3) is 0.190. The molecule has 0 saturated heterocycles. The summed E-state index contributed by atoms with van der Waals surface area (Å²) >= 11 is 0. The number of urea groups is 1. The number of fused-ring (bicyclic) bond motifs is 1. The number of carbonyl (C=O) groups excluding carboxylic acids is 1. The maximum Gasteiger partial charge on any atom is 0.416 e. The quantitative estimate of drug-likeness (QED) is 0.502. The van der Waals surface area contributed by atoms with Gasteiger partial charge in [-0.05, 0) is 24.3 Å². The zero-order valence-corrected chi connectivity index (χ0v) is 16.5. The van der Waals surface area contributed by atoms with E-state index in [2.05, 4.69) is 20.8 Å². The van der Waals surface area contributed by atoms with Crippen molar-refractivity contribution >= 4 is 22.6 Å². The SMILES string of the molecule is Cn1nc(CCNC(=O)Nc2cnn(-c3cccc(C(F)(F)F)c3)c2)c2ccccc21. The minimum Gasteiger partial charge on any atom is -0.337 e. The zero-order chi connectivity index (χ0) is 22.0. The molecule has 7 nitrogen and oxygen atoms in total. The molecule has 0 fully saturated rings. The van der Waals surface area contributed by atoms with Crippen molar-refractivity contribution in [2.45, 2.75) is 12.6 Å². The summed E-state index contributed by atoms with van der Waals surface area (Å²) in [7, 11) is 1.87. The first-order valence-electron chi connectivity index (χ1n) is 9.49. The number of nitrogens with one attached hydrogen (secondary N) is 2. The molecule has 2 amide bonds. The molecule has 0 saturated carbocycles. The molecule has 4 aromatic rings. The number of nitrogens with zero attached hydrogens (tertiary/aromatic N) is 4. The van der Waals surface area contributed by atoms with E-state index >= 15 is 0 Å². The monoisotopic (exact) mass is 428 g/mol. The minimum absolute atomic E-state index is 0.241. The second-order valence-corrected chi connectivity index (χ2v) is 6.94. The predicted octanol–water partition coefficient (Wildman–Crippen LogP) is 4.14. The van der Waals surface area contributed by atoms with Gasteiger partial charge in [-0.1, -0.05) is 24.3 Å². The standard InChI is InChI=1S/C21H19F3N6O/c1-29-19-8-3-2-7-17(19)18(28-29)9-10-25-20(31)27-15-12-26-30(13-15)16-6-4-5-14(11-16)21(22,23)24/h2-8,11-13H,9-10H2,1H3,(H2,25,27,31). The van der Waals surface area contributed by atoms with Crippen LogP contribution >= 0.6 is 0 Å². The third-order valence-corrected chi connectivity index (χ3v) is 4.76. The lowest BCUT2D eigenvalue weighted by Crippen LogP contribution is -2.30. The molecule has 0 radical (unpaired) electrons. The van der Waals surface area contributed by atoms with Crippen LogP contribution in [0.2, 0.25) is 0 Å². The molecule has 10 heteroatoms. The Kier molecular flexibility index (Phi) is 5.37. The first kappa shape index (κ1) is 20.5. The van der Waals surface area contributed by atoms with Crippen molar-refractivity contribution in [3.63, 3.8) is 0 Å². The zero-order valence-electron chi connectivity index (χ0n) is 16.5. The van der Waals surface area contributed by atoms with Gasteiger partial charge in [-0.2, -0.15) is 23.4 Å². The number of carbonyl (C=O) groups is 1. The van der Waals surface area contributed by atoms with Gasteiger partial charge in [0.05, 0.1) is 40.5 Å². The second-order valence-electron chi connectivity index (χ2n) is 6.94. The van der Waals surface area contributed by atoms with Gasteiger partial charge in [0.25, 0.3) is 0 Å². The Morgan fingerprint density at radius 2 is 1.94 bits per heavy atom. The molecule has 0 bridgehead atoms. The van der Waals surface area contributed by atoms with E-state index in [1.54, 1.807) is 4.68 Å². The fourth-order valence-electron chi connectivity index (χ4n) is 3.30. The van der Waals surface area contributed by atoms with Crippen LogP contribution in [0.1, 0.15) is 11.3 Å². The lowest BCUT2D eigenvalue weighted by molar-refractivity contribution is -0.137. The number of anilines is 1. The highest BCUT2D eigenvalue weighted by atomic mass is 19.4. The average Bonchev–Trinajstić information content (AvgIpc) is 3.33. The number of amides is 2. The number of halogens is 3. The number of aryl methyl sites for hydroxylation is 1. The molecule has 0 aliphatic rings. The normalized spacial score (nSPS) is 11.6. The summed E-state index contributed by atoms with van der Waals surface area (Å²) in [6.45, 7) is 0.370. The van der Waals surface area contributed by atoms with Crippen molar-refractivity contribution in [1.29, 1.82) is 0 Å². The van der Waals surface area contributed by atoms with Gasteiger partial charge in [-0.15, -0.1) is 0 Å². The van der Waals surface area contributed by atoms with Gasteiger partial charge in [-0.3, -0.25) is 4.68 Å². The Balaban J connectivity index is 1.35. The minimum atomic E-state index is -4.44. The third-order valence-electron chi connectivity index (χ3n) is 4.76. The summed E-state index contributed by atoms with van der Waals surface area (Å²) in [4.78, 5) is 12.2. The van der Waals surface area contributed by atoms with Crippen LogP contribution in [0, 0.1) is 0 Å². The van der Waals surface area contributed by atoms with E-state index in [4.69, 9.17) is 0 Å². The van der Waals surface area contributed by atoms with Crippen LogP contribution in [0.4, 0.5) is 23.7 Å². The van der Waals surface area contributed by atoms with Crippen LogP contribution in [-0.4, -0.2) is 32.1 Å². The lowest BCUT2D eigenvalue weighted by atomic mass is 10.2. The van der Waals surface area contributed by atoms with E-state index in [0.29, 0.717) is 18.7 Å². The Hall–Kier alpha value is -3.82. The van der Waals surface area contributed by atoms with E-state index in [-0.39, 0.29) is 5.69 Å². The summed E-state index contributed by atoms with van der Waals surface area (Å²) in [6.07, 6.45) is -1.07. The van der Waals surface area contributed by atoms with Crippen LogP contribution in [0.15, 0.2) is 60.9 Å². The smallest absolute Gasteiger partial charge is 0.337 e. The van der Waals surface area contributed by atoms with Crippen LogP contribution in [0.3, 0.4) is 0 Å². The van der Waals surface area contributed by atoms with Gasteiger partial charge in [0.15, 0.2) is 0 Å². The molecule has 2 heterocycles. The van der Waals surface area contributed by atoms with Gasteiger partial charge < -0.3 is 10.6 Å². The molecule has 0 aliphatic carbocycles. The molecule has 2 N–H and O–H groups in total. The number of benzene rings is 2. The van der Waals surface area contributed by atoms with Crippen LogP contribution in [0.5, 0.6) is 0 Å². The highest BCUT2D eigenvalue weighted by Crippen LogP contribution is 2.30. The van der Waals surface area contributed by atoms with E-state index in [9.17, 15) is 18.0 Å². The molecule has 4 rings (SSSR count). The molecule has 2 aromatic carbocycles. The van der Waals surface area contributed by atoms with Crippen LogP contribution in [-0.2, 0) is 19.6 Å². The molecule has 31 heavy (non-hydrogen) atoms. The molecular weight excluding hydrogens is 409 g/mol. The number of hydrogen-bond acceptors (Lipinski definition) is 3. The lowest BCUT2D eigenvalue weighted by Gasteiger charge is -2.08. The summed E-state index contributed by atoms with van der Waals surface area (Å²) in [5.41, 5.74) is 1.73. The van der Waals surface area contributed by atoms with E-state index in [1.165, 1.54) is 29.2 Å². The predicted molar refractivity (Wildman–Crippen MR) is 110 cm³/mol. The fourth-order valence-corrected chi connectivity index (χ4v) is 3.30. The van der Waals surface area contributed by atoms with Gasteiger partial charge in [-0.25, -0.2) is 9.48 Å². The maximum absolute atomic E-state index is 12.9. The Morgan fingerprint density at radius 3 is 2.74 bits per heavy atom. The molecule has 160 valence electrons. The number of para-hydroxylation sites is 1. The van der Waals surface area contributed by atoms with Crippen molar-refractivity contribution < 1.29 is 18.0 Å². The van der Waals surface area contributed by atoms with Crippen molar-refractivity contribution in [3.8, 4) is 5.69 Å². The van der Waals surface area contributed by atoms with Gasteiger partial charge >= 0.3 is 12.2 Å². The van der Waals surface area contributed by atoms with E-state index in [0.717, 1.165) is 28.7 Å². The Labute approximate surface area is 175 Å². The topological polar surface area (TPSA) is 76.8 Å². The molecular formula is C21H19F3N6O. The Morgan fingerprint density at radius 1 is 1.13 bits per heavy atom. The van der Waals surface area contributed by atoms with Crippen molar-refractivity contribution in [2.24, 2.45) is 7.05 Å². The third kappa shape index (κ3) is 4.52. The van der Waals surface area contributed by atoms with Gasteiger partial charge in [0, 0.05) is 25.4 Å². The van der Waals surface area contributed by atoms with Crippen LogP contribution < -0.4 is 10.6 Å². The van der Waals surface area contributed by atoms with Crippen molar-refractivity contribution in [3.05, 3.63) is 72.2 Å². The van der Waals surface area contributed by atoms with E-state index < -0.39 is 17.8 Å². The van der Waals surface area contributed by atoms with Gasteiger partial charge in [0.1, 0.15) is 0 Å². The number of hydrogen-bond donors (Lipinski definition) is 2. The van der Waals surface area contributed by atoms with Gasteiger partial charge in [0.2, 0.25) is 0 Å². The highest BCUT2D eigenvalue weighted by Gasteiger charge is 2.30. The molecule has 0 aliphatic heterocycles. The summed E-state index contributed by atoms with van der Waals surface area (Å²) in [5, 5.41) is 14.9. The first-order valence-corrected chi connectivity index (χ1v) is 9.49. The number of aromatic nitrogens is 4. The van der Waals surface area contributed by atoms with Crippen molar-refractivity contribution in [1.82, 2.24) is 24.9 Å². The first-order chi connectivity index (χ1) is 14.8. The molecule has 0 unspecified atom stereocenters. The van der Waals surface area contributed by atoms with Crippen LogP contribution in [0.25, 0.3) is 16.6 Å². The summed E-state index contributed by atoms with van der Waals surface area (Å²) in [5.74, 6) is 0. The molecule has 0 spiro atoms.